The van der Waals surface area contributed by atoms with Crippen LogP contribution in [0.15, 0.2) is 0 Å². The Hall–Kier alpha value is -3.75. The van der Waals surface area contributed by atoms with Gasteiger partial charge in [0, 0.05) is 19.4 Å². The summed E-state index contributed by atoms with van der Waals surface area (Å²) < 4.78 is 0. The van der Waals surface area contributed by atoms with Crippen LogP contribution in [0.2, 0.25) is 0 Å². The third-order valence-electron chi connectivity index (χ3n) is 5.94. The maximum absolute atomic E-state index is 13.3. The molecule has 0 bridgehead atoms. The fraction of sp³-hybridized carbons (Fsp3) is 0.696. The molecule has 1 rings (SSSR count). The van der Waals surface area contributed by atoms with E-state index in [0.717, 1.165) is 0 Å². The average molecular weight is 543 g/mol. The van der Waals surface area contributed by atoms with Gasteiger partial charge in [0.25, 0.3) is 0 Å². The van der Waals surface area contributed by atoms with Crippen LogP contribution in [-0.2, 0) is 33.6 Å². The second-order valence-electron chi connectivity index (χ2n) is 9.54. The molecule has 15 heteroatoms. The number of rotatable bonds is 16. The van der Waals surface area contributed by atoms with Crippen LogP contribution < -0.4 is 27.4 Å². The molecular formula is C23H38N6O9. The zero-order valence-electron chi connectivity index (χ0n) is 21.6. The summed E-state index contributed by atoms with van der Waals surface area (Å²) in [6.45, 7) is 3.66. The molecule has 0 unspecified atom stereocenters. The molecule has 0 saturated carbocycles. The number of amides is 5. The van der Waals surface area contributed by atoms with E-state index in [2.05, 4.69) is 16.0 Å². The van der Waals surface area contributed by atoms with E-state index in [-0.39, 0.29) is 38.3 Å². The molecule has 1 saturated heterocycles. The minimum atomic E-state index is -1.54. The Bertz CT molecular complexity index is 910. The highest BCUT2D eigenvalue weighted by Gasteiger charge is 2.39. The lowest BCUT2D eigenvalue weighted by atomic mass is 10.0. The molecule has 0 aliphatic carbocycles. The quantitative estimate of drug-likeness (QED) is 0.109. The summed E-state index contributed by atoms with van der Waals surface area (Å²) in [4.78, 5) is 86.1. The van der Waals surface area contributed by atoms with Crippen LogP contribution in [0.4, 0.5) is 0 Å². The molecule has 1 heterocycles. The molecule has 9 N–H and O–H groups in total. The average Bonchev–Trinajstić information content (AvgIpc) is 3.32. The van der Waals surface area contributed by atoms with Gasteiger partial charge in [-0.1, -0.05) is 13.8 Å². The minimum absolute atomic E-state index is 0.0436. The molecule has 15 nitrogen and oxygen atoms in total. The summed E-state index contributed by atoms with van der Waals surface area (Å²) in [6, 6.07) is -4.79. The molecule has 4 atom stereocenters. The fourth-order valence-corrected chi connectivity index (χ4v) is 4.07. The van der Waals surface area contributed by atoms with Crippen LogP contribution in [0, 0.1) is 5.92 Å². The monoisotopic (exact) mass is 542 g/mol. The standard InChI is InChI=1S/C23H38N6O9/c1-12(2)10-15(26-18(31)11-24)22(36)29-9-3-4-16(29)21(35)27-13(5-7-17(25)30)20(34)28-14(23(37)38)6-8-19(32)33/h12-16H,3-11,24H2,1-2H3,(H2,25,30)(H,26,31)(H,27,35)(H,28,34)(H,32,33)(H,37,38)/t13-,14-,15-,16-/m0/s1. The number of carbonyl (C=O) groups excluding carboxylic acids is 5. The van der Waals surface area contributed by atoms with Crippen LogP contribution in [-0.4, -0.2) is 93.8 Å². The molecule has 38 heavy (non-hydrogen) atoms. The number of nitrogens with zero attached hydrogens (tertiary/aromatic N) is 1. The van der Waals surface area contributed by atoms with Gasteiger partial charge in [0.2, 0.25) is 29.5 Å². The van der Waals surface area contributed by atoms with Crippen molar-refractivity contribution in [3.8, 4) is 0 Å². The number of primary amides is 1. The maximum atomic E-state index is 13.3. The highest BCUT2D eigenvalue weighted by molar-refractivity contribution is 5.95. The van der Waals surface area contributed by atoms with E-state index in [4.69, 9.17) is 16.6 Å². The van der Waals surface area contributed by atoms with Gasteiger partial charge >= 0.3 is 11.9 Å². The highest BCUT2D eigenvalue weighted by atomic mass is 16.4. The first kappa shape index (κ1) is 32.3. The van der Waals surface area contributed by atoms with E-state index >= 15 is 0 Å². The first-order valence-corrected chi connectivity index (χ1v) is 12.4. The lowest BCUT2D eigenvalue weighted by molar-refractivity contribution is -0.144. The van der Waals surface area contributed by atoms with Gasteiger partial charge in [-0.2, -0.15) is 0 Å². The predicted molar refractivity (Wildman–Crippen MR) is 132 cm³/mol. The van der Waals surface area contributed by atoms with Gasteiger partial charge < -0.3 is 42.5 Å². The highest BCUT2D eigenvalue weighted by Crippen LogP contribution is 2.21. The Morgan fingerprint density at radius 3 is 2.08 bits per heavy atom. The Morgan fingerprint density at radius 2 is 1.55 bits per heavy atom. The van der Waals surface area contributed by atoms with Gasteiger partial charge in [-0.25, -0.2) is 4.79 Å². The van der Waals surface area contributed by atoms with Crippen molar-refractivity contribution in [2.24, 2.45) is 17.4 Å². The zero-order chi connectivity index (χ0) is 29.0. The molecule has 0 aromatic rings. The van der Waals surface area contributed by atoms with E-state index in [0.29, 0.717) is 12.8 Å². The number of hydrogen-bond acceptors (Lipinski definition) is 8. The molecule has 1 aliphatic rings. The van der Waals surface area contributed by atoms with E-state index in [1.54, 1.807) is 0 Å². The third-order valence-corrected chi connectivity index (χ3v) is 5.94. The molecular weight excluding hydrogens is 504 g/mol. The lowest BCUT2D eigenvalue weighted by Crippen LogP contribution is -2.57. The summed E-state index contributed by atoms with van der Waals surface area (Å²) in [6.07, 6.45) is -0.404. The van der Waals surface area contributed by atoms with Gasteiger partial charge in [0.15, 0.2) is 0 Å². The number of likely N-dealkylation sites (tertiary alicyclic amines) is 1. The van der Waals surface area contributed by atoms with Gasteiger partial charge in [-0.15, -0.1) is 0 Å². The number of nitrogens with one attached hydrogen (secondary N) is 3. The van der Waals surface area contributed by atoms with Crippen molar-refractivity contribution in [1.29, 1.82) is 0 Å². The number of carbonyl (C=O) groups is 7. The molecule has 0 radical (unpaired) electrons. The lowest BCUT2D eigenvalue weighted by Gasteiger charge is -2.30. The Morgan fingerprint density at radius 1 is 0.921 bits per heavy atom. The molecule has 1 aliphatic heterocycles. The number of carboxylic acid groups (broad SMARTS) is 2. The molecule has 214 valence electrons. The predicted octanol–water partition coefficient (Wildman–Crippen LogP) is -2.35. The topological polar surface area (TPSA) is 251 Å². The van der Waals surface area contributed by atoms with E-state index in [9.17, 15) is 38.7 Å². The third kappa shape index (κ3) is 10.7. The second kappa shape index (κ2) is 15.5. The van der Waals surface area contributed by atoms with Crippen LogP contribution in [0.3, 0.4) is 0 Å². The number of hydrogen-bond donors (Lipinski definition) is 7. The molecule has 0 spiro atoms. The van der Waals surface area contributed by atoms with Gasteiger partial charge in [-0.3, -0.25) is 28.8 Å². The van der Waals surface area contributed by atoms with Crippen molar-refractivity contribution in [1.82, 2.24) is 20.9 Å². The Labute approximate surface area is 220 Å². The first-order valence-electron chi connectivity index (χ1n) is 12.4. The van der Waals surface area contributed by atoms with Crippen LogP contribution in [0.5, 0.6) is 0 Å². The number of aliphatic carboxylic acids is 2. The fourth-order valence-electron chi connectivity index (χ4n) is 4.07. The van der Waals surface area contributed by atoms with Crippen molar-refractivity contribution in [2.45, 2.75) is 83.0 Å². The largest absolute Gasteiger partial charge is 0.481 e. The molecule has 0 aromatic carbocycles. The number of carboxylic acids is 2. The van der Waals surface area contributed by atoms with Crippen molar-refractivity contribution in [2.75, 3.05) is 13.1 Å². The summed E-state index contributed by atoms with van der Waals surface area (Å²) in [5, 5.41) is 25.4. The van der Waals surface area contributed by atoms with E-state index in [1.807, 2.05) is 13.8 Å². The Kier molecular flexibility index (Phi) is 13.2. The Balaban J connectivity index is 3.05. The summed E-state index contributed by atoms with van der Waals surface area (Å²) >= 11 is 0. The molecule has 5 amide bonds. The van der Waals surface area contributed by atoms with Crippen molar-refractivity contribution in [3.63, 3.8) is 0 Å². The van der Waals surface area contributed by atoms with Gasteiger partial charge in [-0.05, 0) is 38.0 Å². The summed E-state index contributed by atoms with van der Waals surface area (Å²) in [5.74, 6) is -6.09. The summed E-state index contributed by atoms with van der Waals surface area (Å²) in [7, 11) is 0. The zero-order valence-corrected chi connectivity index (χ0v) is 21.6. The minimum Gasteiger partial charge on any atom is -0.481 e. The van der Waals surface area contributed by atoms with Crippen LogP contribution in [0.25, 0.3) is 0 Å². The van der Waals surface area contributed by atoms with Crippen LogP contribution in [0.1, 0.15) is 58.8 Å². The SMILES string of the molecule is CC(C)C[C@H](NC(=O)CN)C(=O)N1CCC[C@H]1C(=O)N[C@@H](CCC(N)=O)C(=O)N[C@@H](CCC(=O)O)C(=O)O. The van der Waals surface area contributed by atoms with Crippen LogP contribution >= 0.6 is 0 Å². The maximum Gasteiger partial charge on any atom is 0.326 e. The first-order chi connectivity index (χ1) is 17.8. The van der Waals surface area contributed by atoms with Crippen molar-refractivity contribution < 1.29 is 43.8 Å². The van der Waals surface area contributed by atoms with Gasteiger partial charge in [0.1, 0.15) is 24.2 Å². The normalized spacial score (nSPS) is 17.3. The van der Waals surface area contributed by atoms with E-state index < -0.39 is 78.5 Å². The van der Waals surface area contributed by atoms with Gasteiger partial charge in [0.05, 0.1) is 6.54 Å². The molecule has 1 fully saturated rings. The second-order valence-corrected chi connectivity index (χ2v) is 9.54. The van der Waals surface area contributed by atoms with E-state index in [1.165, 1.54) is 4.90 Å². The van der Waals surface area contributed by atoms with Crippen molar-refractivity contribution in [3.05, 3.63) is 0 Å². The number of nitrogens with two attached hydrogens (primary N) is 2. The smallest absolute Gasteiger partial charge is 0.326 e. The van der Waals surface area contributed by atoms with Crippen molar-refractivity contribution >= 4 is 41.5 Å². The molecule has 0 aromatic heterocycles. The summed E-state index contributed by atoms with van der Waals surface area (Å²) in [5.41, 5.74) is 10.5.